The van der Waals surface area contributed by atoms with E-state index in [4.69, 9.17) is 4.74 Å². The monoisotopic (exact) mass is 316 g/mol. The van der Waals surface area contributed by atoms with Crippen molar-refractivity contribution in [2.75, 3.05) is 19.7 Å². The lowest BCUT2D eigenvalue weighted by molar-refractivity contribution is -0.124. The van der Waals surface area contributed by atoms with Gasteiger partial charge < -0.3 is 15.4 Å². The second-order valence-electron chi connectivity index (χ2n) is 5.56. The van der Waals surface area contributed by atoms with Crippen LogP contribution in [-0.2, 0) is 11.8 Å². The van der Waals surface area contributed by atoms with E-state index in [-0.39, 0.29) is 31.0 Å². The Balaban J connectivity index is 0.00000220. The Morgan fingerprint density at radius 3 is 2.81 bits per heavy atom. The van der Waals surface area contributed by atoms with E-state index in [9.17, 15) is 4.79 Å². The zero-order valence-electron chi connectivity index (χ0n) is 13.1. The van der Waals surface area contributed by atoms with Crippen LogP contribution in [0, 0.1) is 19.8 Å². The highest BCUT2D eigenvalue weighted by Gasteiger charge is 2.23. The van der Waals surface area contributed by atoms with E-state index in [0.29, 0.717) is 11.7 Å². The number of carbonyl (C=O) groups is 1. The summed E-state index contributed by atoms with van der Waals surface area (Å²) in [6.07, 6.45) is 0.970. The molecule has 7 heteroatoms. The molecule has 0 spiro atoms. The van der Waals surface area contributed by atoms with Crippen LogP contribution in [0.2, 0.25) is 0 Å². The fourth-order valence-corrected chi connectivity index (χ4v) is 2.58. The summed E-state index contributed by atoms with van der Waals surface area (Å²) in [4.78, 5) is 12.0. The lowest BCUT2D eigenvalue weighted by Crippen LogP contribution is -2.49. The van der Waals surface area contributed by atoms with Gasteiger partial charge in [0.25, 0.3) is 5.91 Å². The second kappa shape index (κ2) is 7.66. The van der Waals surface area contributed by atoms with Crippen LogP contribution in [0.1, 0.15) is 24.7 Å². The predicted octanol–water partition coefficient (Wildman–Crippen LogP) is 0.952. The molecule has 0 radical (unpaired) electrons. The van der Waals surface area contributed by atoms with E-state index in [2.05, 4.69) is 22.7 Å². The molecule has 1 saturated heterocycles. The molecule has 2 N–H and O–H groups in total. The fourth-order valence-electron chi connectivity index (χ4n) is 2.58. The molecule has 0 bridgehead atoms. The van der Waals surface area contributed by atoms with Gasteiger partial charge in [0.05, 0.1) is 5.69 Å². The third-order valence-corrected chi connectivity index (χ3v) is 3.92. The molecule has 1 aliphatic heterocycles. The molecule has 2 rings (SSSR count). The van der Waals surface area contributed by atoms with Crippen molar-refractivity contribution in [3.05, 3.63) is 11.4 Å². The molecular formula is C14H25ClN4O2. The zero-order valence-corrected chi connectivity index (χ0v) is 13.9. The maximum Gasteiger partial charge on any atom is 0.258 e. The van der Waals surface area contributed by atoms with Crippen LogP contribution in [0.15, 0.2) is 0 Å². The first-order valence-corrected chi connectivity index (χ1v) is 7.12. The van der Waals surface area contributed by atoms with Gasteiger partial charge in [0, 0.05) is 13.1 Å². The molecule has 2 unspecified atom stereocenters. The van der Waals surface area contributed by atoms with Crippen LogP contribution in [0.4, 0.5) is 0 Å². The number of aromatic nitrogens is 2. The van der Waals surface area contributed by atoms with Crippen molar-refractivity contribution in [2.24, 2.45) is 13.0 Å². The maximum absolute atomic E-state index is 12.0. The minimum atomic E-state index is -0.0635. The van der Waals surface area contributed by atoms with Crippen molar-refractivity contribution in [1.82, 2.24) is 20.4 Å². The molecule has 1 aromatic rings. The standard InChI is InChI=1S/C14H24N4O2.ClH/c1-9-7-15-6-5-12(9)16-13(19)8-20-14-10(2)17-18(4)11(14)3;/h9,12,15H,5-8H2,1-4H3,(H,16,19);1H. The normalized spacial score (nSPS) is 21.5. The van der Waals surface area contributed by atoms with E-state index in [0.717, 1.165) is 30.9 Å². The van der Waals surface area contributed by atoms with Gasteiger partial charge in [-0.3, -0.25) is 9.48 Å². The number of ether oxygens (including phenoxy) is 1. The van der Waals surface area contributed by atoms with Crippen molar-refractivity contribution in [1.29, 1.82) is 0 Å². The number of hydrogen-bond acceptors (Lipinski definition) is 4. The number of piperidine rings is 1. The summed E-state index contributed by atoms with van der Waals surface area (Å²) in [5.74, 6) is 1.10. The minimum Gasteiger partial charge on any atom is -0.480 e. The molecule has 6 nitrogen and oxygen atoms in total. The van der Waals surface area contributed by atoms with Gasteiger partial charge in [-0.25, -0.2) is 0 Å². The Bertz CT molecular complexity index is 490. The van der Waals surface area contributed by atoms with E-state index in [1.807, 2.05) is 20.9 Å². The fraction of sp³-hybridized carbons (Fsp3) is 0.714. The molecule has 2 atom stereocenters. The van der Waals surface area contributed by atoms with E-state index in [1.54, 1.807) is 4.68 Å². The molecule has 120 valence electrons. The van der Waals surface area contributed by atoms with Crippen molar-refractivity contribution in [2.45, 2.75) is 33.2 Å². The third-order valence-electron chi connectivity index (χ3n) is 3.92. The Labute approximate surface area is 132 Å². The summed E-state index contributed by atoms with van der Waals surface area (Å²) in [5.41, 5.74) is 1.75. The molecule has 1 aliphatic rings. The van der Waals surface area contributed by atoms with E-state index < -0.39 is 0 Å². The number of halogens is 1. The summed E-state index contributed by atoms with van der Waals surface area (Å²) in [7, 11) is 1.87. The summed E-state index contributed by atoms with van der Waals surface area (Å²) in [5, 5.41) is 10.6. The molecule has 1 aromatic heterocycles. The quantitative estimate of drug-likeness (QED) is 0.868. The largest absolute Gasteiger partial charge is 0.480 e. The molecule has 2 heterocycles. The molecule has 0 saturated carbocycles. The van der Waals surface area contributed by atoms with E-state index >= 15 is 0 Å². The zero-order chi connectivity index (χ0) is 14.7. The predicted molar refractivity (Wildman–Crippen MR) is 84.0 cm³/mol. The van der Waals surface area contributed by atoms with Gasteiger partial charge in [0.1, 0.15) is 5.69 Å². The van der Waals surface area contributed by atoms with Crippen LogP contribution in [0.25, 0.3) is 0 Å². The number of rotatable bonds is 4. The number of amides is 1. The van der Waals surface area contributed by atoms with Gasteiger partial charge in [-0.1, -0.05) is 6.92 Å². The SMILES string of the molecule is Cc1nn(C)c(C)c1OCC(=O)NC1CCNCC1C.Cl. The van der Waals surface area contributed by atoms with Crippen molar-refractivity contribution in [3.8, 4) is 5.75 Å². The number of hydrogen-bond donors (Lipinski definition) is 2. The van der Waals surface area contributed by atoms with Gasteiger partial charge in [-0.15, -0.1) is 12.4 Å². The molecule has 0 aliphatic carbocycles. The number of carbonyl (C=O) groups excluding carboxylic acids is 1. The molecule has 1 amide bonds. The van der Waals surface area contributed by atoms with Crippen molar-refractivity contribution < 1.29 is 9.53 Å². The Morgan fingerprint density at radius 2 is 2.24 bits per heavy atom. The minimum absolute atomic E-state index is 0. The maximum atomic E-state index is 12.0. The second-order valence-corrected chi connectivity index (χ2v) is 5.56. The smallest absolute Gasteiger partial charge is 0.258 e. The molecule has 21 heavy (non-hydrogen) atoms. The molecular weight excluding hydrogens is 292 g/mol. The van der Waals surface area contributed by atoms with Gasteiger partial charge in [-0.05, 0) is 39.3 Å². The third kappa shape index (κ3) is 4.35. The topological polar surface area (TPSA) is 68.2 Å². The van der Waals surface area contributed by atoms with Gasteiger partial charge in [0.15, 0.2) is 12.4 Å². The molecule has 1 fully saturated rings. The number of aryl methyl sites for hydroxylation is 2. The van der Waals surface area contributed by atoms with Crippen LogP contribution in [-0.4, -0.2) is 41.4 Å². The molecule has 0 aromatic carbocycles. The summed E-state index contributed by atoms with van der Waals surface area (Å²) in [6.45, 7) is 7.91. The lowest BCUT2D eigenvalue weighted by Gasteiger charge is -2.30. The van der Waals surface area contributed by atoms with Gasteiger partial charge in [0.2, 0.25) is 0 Å². The number of nitrogens with one attached hydrogen (secondary N) is 2. The summed E-state index contributed by atoms with van der Waals surface area (Å²) >= 11 is 0. The van der Waals surface area contributed by atoms with Gasteiger partial charge in [-0.2, -0.15) is 5.10 Å². The first kappa shape index (κ1) is 17.8. The first-order valence-electron chi connectivity index (χ1n) is 7.12. The van der Waals surface area contributed by atoms with Crippen LogP contribution in [0.5, 0.6) is 5.75 Å². The highest BCUT2D eigenvalue weighted by Crippen LogP contribution is 2.21. The number of nitrogens with zero attached hydrogens (tertiary/aromatic N) is 2. The van der Waals surface area contributed by atoms with Crippen LogP contribution in [0.3, 0.4) is 0 Å². The Morgan fingerprint density at radius 1 is 1.52 bits per heavy atom. The summed E-state index contributed by atoms with van der Waals surface area (Å²) in [6, 6.07) is 0.239. The van der Waals surface area contributed by atoms with Crippen molar-refractivity contribution >= 4 is 18.3 Å². The highest BCUT2D eigenvalue weighted by atomic mass is 35.5. The first-order chi connectivity index (χ1) is 9.49. The van der Waals surface area contributed by atoms with E-state index in [1.165, 1.54) is 0 Å². The highest BCUT2D eigenvalue weighted by molar-refractivity contribution is 5.85. The Hall–Kier alpha value is -1.27. The Kier molecular flexibility index (Phi) is 6.48. The summed E-state index contributed by atoms with van der Waals surface area (Å²) < 4.78 is 7.38. The van der Waals surface area contributed by atoms with Crippen molar-refractivity contribution in [3.63, 3.8) is 0 Å². The average Bonchev–Trinajstić information content (AvgIpc) is 2.64. The average molecular weight is 317 g/mol. The van der Waals surface area contributed by atoms with Gasteiger partial charge >= 0.3 is 0 Å². The van der Waals surface area contributed by atoms with Crippen LogP contribution < -0.4 is 15.4 Å². The van der Waals surface area contributed by atoms with Crippen LogP contribution >= 0.6 is 12.4 Å². The lowest BCUT2D eigenvalue weighted by atomic mass is 9.95.